The number of hydrogen-bond acceptors (Lipinski definition) is 5. The Kier molecular flexibility index (Phi) is 2.71. The number of pyridine rings is 2. The molecule has 24 heavy (non-hydrogen) atoms. The number of nitrogen functional groups attached to an aromatic ring is 1. The lowest BCUT2D eigenvalue weighted by Crippen LogP contribution is -2.24. The number of carbonyl (C=O) groups excluding carboxylic acids is 2. The second kappa shape index (κ2) is 4.66. The topological polar surface area (TPSA) is 127 Å². The van der Waals surface area contributed by atoms with Gasteiger partial charge in [0.25, 0.3) is 22.9 Å². The molecule has 8 heteroatoms. The zero-order valence-electron chi connectivity index (χ0n) is 12.1. The van der Waals surface area contributed by atoms with Crippen molar-refractivity contribution in [3.63, 3.8) is 0 Å². The number of rotatable bonds is 1. The van der Waals surface area contributed by atoms with Gasteiger partial charge in [0, 0.05) is 23.0 Å². The Morgan fingerprint density at radius 1 is 0.958 bits per heavy atom. The number of carbonyl (C=O) groups is 2. The van der Waals surface area contributed by atoms with Gasteiger partial charge < -0.3 is 10.7 Å². The molecule has 0 aliphatic carbocycles. The van der Waals surface area contributed by atoms with Crippen molar-refractivity contribution < 1.29 is 9.59 Å². The van der Waals surface area contributed by atoms with Crippen molar-refractivity contribution in [2.75, 3.05) is 5.73 Å². The molecule has 1 aliphatic rings. The fourth-order valence-electron chi connectivity index (χ4n) is 2.93. The third kappa shape index (κ3) is 1.73. The fraction of sp³-hybridized carbons (Fsp3) is 0. The summed E-state index contributed by atoms with van der Waals surface area (Å²) in [5.41, 5.74) is 5.41. The highest BCUT2D eigenvalue weighted by Crippen LogP contribution is 2.25. The number of nitrogens with one attached hydrogen (secondary N) is 2. The zero-order chi connectivity index (χ0) is 17.0. The van der Waals surface area contributed by atoms with Crippen LogP contribution in [0.15, 0.2) is 46.1 Å². The maximum Gasteiger partial charge on any atom is 0.262 e. The van der Waals surface area contributed by atoms with Crippen molar-refractivity contribution in [3.05, 3.63) is 68.4 Å². The Labute approximate surface area is 133 Å². The van der Waals surface area contributed by atoms with Crippen LogP contribution in [0.5, 0.6) is 0 Å². The van der Waals surface area contributed by atoms with Gasteiger partial charge in [-0.2, -0.15) is 0 Å². The van der Waals surface area contributed by atoms with E-state index in [1.165, 1.54) is 6.20 Å². The number of amides is 2. The van der Waals surface area contributed by atoms with Gasteiger partial charge in [-0.05, 0) is 18.2 Å². The number of nitrogens with zero attached hydrogens (tertiary/aromatic N) is 1. The van der Waals surface area contributed by atoms with Crippen LogP contribution in [0.1, 0.15) is 20.7 Å². The largest absolute Gasteiger partial charge is 0.384 e. The van der Waals surface area contributed by atoms with Crippen molar-refractivity contribution >= 4 is 28.4 Å². The van der Waals surface area contributed by atoms with Crippen LogP contribution >= 0.6 is 0 Å². The van der Waals surface area contributed by atoms with Crippen LogP contribution in [-0.2, 0) is 0 Å². The summed E-state index contributed by atoms with van der Waals surface area (Å²) in [6, 6.07) is 7.54. The van der Waals surface area contributed by atoms with E-state index in [2.05, 4.69) is 10.3 Å². The molecule has 0 radical (unpaired) electrons. The molecule has 8 nitrogen and oxygen atoms in total. The van der Waals surface area contributed by atoms with Gasteiger partial charge in [-0.3, -0.25) is 29.1 Å². The molecule has 0 saturated heterocycles. The quantitative estimate of drug-likeness (QED) is 0.549. The summed E-state index contributed by atoms with van der Waals surface area (Å²) in [4.78, 5) is 50.6. The molecule has 4 rings (SSSR count). The maximum atomic E-state index is 12.5. The molecule has 118 valence electrons. The average molecular weight is 322 g/mol. The summed E-state index contributed by atoms with van der Waals surface area (Å²) in [6.45, 7) is 0. The second-order valence-corrected chi connectivity index (χ2v) is 5.32. The number of aromatic nitrogens is 2. The fourth-order valence-corrected chi connectivity index (χ4v) is 2.93. The summed E-state index contributed by atoms with van der Waals surface area (Å²) >= 11 is 0. The second-order valence-electron chi connectivity index (χ2n) is 5.32. The first-order valence-electron chi connectivity index (χ1n) is 7.01. The minimum Gasteiger partial charge on any atom is -0.384 e. The first-order valence-corrected chi connectivity index (χ1v) is 7.01. The Morgan fingerprint density at radius 2 is 1.75 bits per heavy atom. The summed E-state index contributed by atoms with van der Waals surface area (Å²) in [5, 5.41) is 2.99. The normalized spacial score (nSPS) is 13.2. The van der Waals surface area contributed by atoms with Gasteiger partial charge in [-0.1, -0.05) is 6.07 Å². The molecule has 3 heterocycles. The van der Waals surface area contributed by atoms with Crippen molar-refractivity contribution in [2.45, 2.75) is 0 Å². The minimum atomic E-state index is -0.653. The number of aromatic amines is 1. The summed E-state index contributed by atoms with van der Waals surface area (Å²) in [6.07, 6.45) is 1.46. The van der Waals surface area contributed by atoms with Gasteiger partial charge >= 0.3 is 0 Å². The molecule has 2 aromatic heterocycles. The molecule has 3 aromatic rings. The van der Waals surface area contributed by atoms with Gasteiger partial charge in [0.15, 0.2) is 0 Å². The predicted octanol–water partition coefficient (Wildman–Crippen LogP) is 0.145. The van der Waals surface area contributed by atoms with E-state index in [4.69, 9.17) is 5.73 Å². The third-order valence-electron chi connectivity index (χ3n) is 3.99. The van der Waals surface area contributed by atoms with Gasteiger partial charge in [-0.25, -0.2) is 0 Å². The van der Waals surface area contributed by atoms with Crippen LogP contribution in [0.3, 0.4) is 0 Å². The van der Waals surface area contributed by atoms with Gasteiger partial charge in [0.2, 0.25) is 0 Å². The molecule has 0 bridgehead atoms. The Morgan fingerprint density at radius 3 is 2.54 bits per heavy atom. The molecule has 0 unspecified atom stereocenters. The van der Waals surface area contributed by atoms with Crippen LogP contribution in [0.2, 0.25) is 0 Å². The zero-order valence-corrected chi connectivity index (χ0v) is 12.1. The Bertz CT molecular complexity index is 1170. The van der Waals surface area contributed by atoms with Crippen molar-refractivity contribution in [2.24, 2.45) is 0 Å². The standard InChI is InChI=1S/C16H10N4O4/c17-13-12-9(15(23)19-16(12)24)6-11(21)20(13)10-3-1-2-8-7(10)4-5-18-14(8)22/h1-6H,17H2,(H,18,22)(H,19,23,24). The van der Waals surface area contributed by atoms with Crippen LogP contribution < -0.4 is 22.2 Å². The van der Waals surface area contributed by atoms with E-state index in [9.17, 15) is 19.2 Å². The minimum absolute atomic E-state index is 0.0403. The SMILES string of the molecule is Nc1c2c(cc(=O)n1-c1cccc3c(=O)[nH]ccc13)C(=O)NC2=O. The lowest BCUT2D eigenvalue weighted by Gasteiger charge is -2.13. The lowest BCUT2D eigenvalue weighted by atomic mass is 10.1. The van der Waals surface area contributed by atoms with E-state index in [1.807, 2.05) is 0 Å². The Balaban J connectivity index is 2.14. The van der Waals surface area contributed by atoms with Crippen molar-refractivity contribution in [3.8, 4) is 5.69 Å². The van der Waals surface area contributed by atoms with Gasteiger partial charge in [0.05, 0.1) is 16.8 Å². The summed E-state index contributed by atoms with van der Waals surface area (Å²) < 4.78 is 1.12. The number of anilines is 1. The van der Waals surface area contributed by atoms with Gasteiger partial charge in [0.1, 0.15) is 5.82 Å². The van der Waals surface area contributed by atoms with E-state index in [-0.39, 0.29) is 22.5 Å². The van der Waals surface area contributed by atoms with Crippen LogP contribution in [0.4, 0.5) is 5.82 Å². The monoisotopic (exact) mass is 322 g/mol. The van der Waals surface area contributed by atoms with Crippen LogP contribution in [0, 0.1) is 0 Å². The molecular weight excluding hydrogens is 312 g/mol. The molecular formula is C16H10N4O4. The molecule has 4 N–H and O–H groups in total. The first-order chi connectivity index (χ1) is 11.5. The van der Waals surface area contributed by atoms with Crippen LogP contribution in [-0.4, -0.2) is 21.4 Å². The number of imide groups is 1. The predicted molar refractivity (Wildman–Crippen MR) is 86.4 cm³/mol. The third-order valence-corrected chi connectivity index (χ3v) is 3.99. The van der Waals surface area contributed by atoms with E-state index < -0.39 is 17.4 Å². The molecule has 1 aliphatic heterocycles. The van der Waals surface area contributed by atoms with Crippen molar-refractivity contribution in [1.82, 2.24) is 14.9 Å². The molecule has 1 aromatic carbocycles. The summed E-state index contributed by atoms with van der Waals surface area (Å²) in [7, 11) is 0. The number of H-pyrrole nitrogens is 1. The summed E-state index contributed by atoms with van der Waals surface area (Å²) in [5.74, 6) is -1.45. The Hall–Kier alpha value is -3.68. The number of hydrogen-bond donors (Lipinski definition) is 3. The number of fused-ring (bicyclic) bond motifs is 2. The van der Waals surface area contributed by atoms with E-state index in [1.54, 1.807) is 24.3 Å². The smallest absolute Gasteiger partial charge is 0.262 e. The lowest BCUT2D eigenvalue weighted by molar-refractivity contribution is 0.0880. The van der Waals surface area contributed by atoms with E-state index in [0.29, 0.717) is 16.5 Å². The number of nitrogens with two attached hydrogens (primary N) is 1. The van der Waals surface area contributed by atoms with Crippen LogP contribution in [0.25, 0.3) is 16.5 Å². The molecule has 2 amide bonds. The van der Waals surface area contributed by atoms with E-state index in [0.717, 1.165) is 10.6 Å². The van der Waals surface area contributed by atoms with Gasteiger partial charge in [-0.15, -0.1) is 0 Å². The molecule has 0 spiro atoms. The first kappa shape index (κ1) is 13.9. The van der Waals surface area contributed by atoms with Crippen molar-refractivity contribution in [1.29, 1.82) is 0 Å². The highest BCUT2D eigenvalue weighted by Gasteiger charge is 2.32. The molecule has 0 saturated carbocycles. The van der Waals surface area contributed by atoms with E-state index >= 15 is 0 Å². The highest BCUT2D eigenvalue weighted by atomic mass is 16.2. The molecule has 0 atom stereocenters. The average Bonchev–Trinajstić information content (AvgIpc) is 2.82. The maximum absolute atomic E-state index is 12.5. The highest BCUT2D eigenvalue weighted by molar-refractivity contribution is 6.23. The molecule has 0 fully saturated rings. The number of benzene rings is 1.